The molecule has 1 aromatic heterocycles. The molecule has 1 heterocycles. The zero-order chi connectivity index (χ0) is 32.5. The van der Waals surface area contributed by atoms with Gasteiger partial charge in [-0.1, -0.05) is 127 Å². The minimum Gasteiger partial charge on any atom is -0.213 e. The fraction of sp³-hybridized carbons (Fsp3) is 0.256. The highest BCUT2D eigenvalue weighted by molar-refractivity contribution is 5.91. The first-order chi connectivity index (χ1) is 22.2. The van der Waals surface area contributed by atoms with Gasteiger partial charge in [0.05, 0.1) is 0 Å². The first-order valence-electron chi connectivity index (χ1n) is 16.5. The third-order valence-corrected chi connectivity index (χ3v) is 9.38. The Morgan fingerprint density at radius 1 is 0.587 bits per heavy atom. The highest BCUT2D eigenvalue weighted by Crippen LogP contribution is 2.52. The maximum absolute atomic E-state index is 5.01. The average Bonchev–Trinajstić information content (AvgIpc) is 3.27. The van der Waals surface area contributed by atoms with Gasteiger partial charge in [-0.15, -0.1) is 5.73 Å². The molecule has 0 atom stereocenters. The van der Waals surface area contributed by atoms with Crippen LogP contribution in [-0.2, 0) is 10.8 Å². The predicted molar refractivity (Wildman–Crippen MR) is 194 cm³/mol. The van der Waals surface area contributed by atoms with Crippen LogP contribution in [0.5, 0.6) is 0 Å². The van der Waals surface area contributed by atoms with E-state index in [1.54, 1.807) is 0 Å². The van der Waals surface area contributed by atoms with Crippen LogP contribution in [0.15, 0.2) is 121 Å². The van der Waals surface area contributed by atoms with E-state index < -0.39 is 0 Å². The van der Waals surface area contributed by atoms with Gasteiger partial charge >= 0.3 is 0 Å². The van der Waals surface area contributed by atoms with Crippen LogP contribution in [0, 0.1) is 6.92 Å². The lowest BCUT2D eigenvalue weighted by molar-refractivity contribution is 0.654. The lowest BCUT2D eigenvalue weighted by atomic mass is 9.80. The Morgan fingerprint density at radius 2 is 1.15 bits per heavy atom. The Morgan fingerprint density at radius 3 is 1.83 bits per heavy atom. The largest absolute Gasteiger partial charge is 0.213 e. The summed E-state index contributed by atoms with van der Waals surface area (Å²) < 4.78 is 0. The highest BCUT2D eigenvalue weighted by Gasteiger charge is 2.39. The van der Waals surface area contributed by atoms with E-state index in [4.69, 9.17) is 15.0 Å². The quantitative estimate of drug-likeness (QED) is 0.215. The molecule has 0 N–H and O–H groups in total. The van der Waals surface area contributed by atoms with E-state index in [1.807, 2.05) is 57.2 Å². The van der Waals surface area contributed by atoms with Crippen LogP contribution in [-0.4, -0.2) is 15.0 Å². The van der Waals surface area contributed by atoms with E-state index in [-0.39, 0.29) is 10.8 Å². The van der Waals surface area contributed by atoms with Crippen molar-refractivity contribution in [2.24, 2.45) is 0 Å². The SMILES string of the molecule is C1=CC=CC=CC=1.CC.Cc1nc(-c2ccc3c(c2)C(C)(C)C2=CCCC=C23)nc(-c2ccc3c(c2)C(C)(C)c2ccccc2-3)n1. The van der Waals surface area contributed by atoms with Crippen LogP contribution in [0.1, 0.15) is 82.5 Å². The molecule has 3 nitrogen and oxygen atoms in total. The lowest BCUT2D eigenvalue weighted by Gasteiger charge is -2.23. The van der Waals surface area contributed by atoms with Gasteiger partial charge in [0, 0.05) is 22.0 Å². The zero-order valence-corrected chi connectivity index (χ0v) is 28.1. The topological polar surface area (TPSA) is 38.7 Å². The van der Waals surface area contributed by atoms with Crippen molar-refractivity contribution < 1.29 is 0 Å². The number of aromatic nitrogens is 3. The van der Waals surface area contributed by atoms with E-state index in [0.717, 1.165) is 41.4 Å². The van der Waals surface area contributed by atoms with Crippen LogP contribution in [0.25, 0.3) is 39.5 Å². The Balaban J connectivity index is 0.000000363. The molecule has 0 radical (unpaired) electrons. The van der Waals surface area contributed by atoms with Crippen molar-refractivity contribution in [3.8, 4) is 33.9 Å². The maximum atomic E-state index is 5.01. The van der Waals surface area contributed by atoms with E-state index >= 15 is 0 Å². The van der Waals surface area contributed by atoms with E-state index in [1.165, 1.54) is 44.5 Å². The van der Waals surface area contributed by atoms with Crippen molar-refractivity contribution >= 4 is 5.57 Å². The standard InChI is InChI=1S/C34H31N3.C7H6.C2H6/c1-20-35-31(21-14-16-25-23-10-6-8-12-27(23)33(2,3)29(25)18-21)37-32(36-20)22-15-17-26-24-11-7-9-13-28(24)34(4,5)30(26)19-22;1-2-4-6-7-5-3-1;1-2/h6,8,10-19H,7,9H2,1-5H3;1-6H;1-2H3. The number of fused-ring (bicyclic) bond motifs is 6. The Hall–Kier alpha value is -4.85. The van der Waals surface area contributed by atoms with Gasteiger partial charge in [0.2, 0.25) is 0 Å². The molecule has 3 aromatic carbocycles. The molecule has 0 aliphatic heterocycles. The van der Waals surface area contributed by atoms with Gasteiger partial charge in [-0.25, -0.2) is 15.0 Å². The Kier molecular flexibility index (Phi) is 8.47. The molecule has 8 rings (SSSR count). The molecule has 0 saturated heterocycles. The second kappa shape index (κ2) is 12.5. The van der Waals surface area contributed by atoms with Crippen LogP contribution < -0.4 is 0 Å². The molecule has 0 spiro atoms. The summed E-state index contributed by atoms with van der Waals surface area (Å²) >= 11 is 0. The molecule has 4 aliphatic rings. The Labute approximate surface area is 274 Å². The van der Waals surface area contributed by atoms with Gasteiger partial charge in [-0.2, -0.15) is 0 Å². The molecule has 0 saturated carbocycles. The second-order valence-electron chi connectivity index (χ2n) is 12.9. The second-order valence-corrected chi connectivity index (χ2v) is 12.9. The number of aryl methyl sites for hydroxylation is 1. The zero-order valence-electron chi connectivity index (χ0n) is 28.1. The molecule has 4 aliphatic carbocycles. The van der Waals surface area contributed by atoms with Gasteiger partial charge in [-0.05, 0) is 88.6 Å². The first-order valence-corrected chi connectivity index (χ1v) is 16.5. The maximum Gasteiger partial charge on any atom is 0.163 e. The number of rotatable bonds is 2. The molecular formula is C43H43N3. The van der Waals surface area contributed by atoms with Crippen molar-refractivity contribution in [3.05, 3.63) is 149 Å². The van der Waals surface area contributed by atoms with Crippen molar-refractivity contribution in [3.63, 3.8) is 0 Å². The minimum absolute atomic E-state index is 0.0108. The normalized spacial score (nSPS) is 16.8. The number of allylic oxidation sites excluding steroid dienone is 9. The molecule has 0 bridgehead atoms. The van der Waals surface area contributed by atoms with Gasteiger partial charge in [-0.3, -0.25) is 0 Å². The monoisotopic (exact) mass is 601 g/mol. The van der Waals surface area contributed by atoms with Crippen molar-refractivity contribution in [1.82, 2.24) is 15.0 Å². The van der Waals surface area contributed by atoms with Crippen molar-refractivity contribution in [2.45, 2.75) is 72.1 Å². The highest BCUT2D eigenvalue weighted by atomic mass is 15.0. The summed E-state index contributed by atoms with van der Waals surface area (Å²) in [7, 11) is 0. The molecular weight excluding hydrogens is 558 g/mol. The molecule has 4 aromatic rings. The molecule has 46 heavy (non-hydrogen) atoms. The van der Waals surface area contributed by atoms with Crippen molar-refractivity contribution in [2.75, 3.05) is 0 Å². The predicted octanol–water partition coefficient (Wildman–Crippen LogP) is 11.1. The van der Waals surface area contributed by atoms with Crippen LogP contribution >= 0.6 is 0 Å². The van der Waals surface area contributed by atoms with Gasteiger partial charge in [0.25, 0.3) is 0 Å². The summed E-state index contributed by atoms with van der Waals surface area (Å²) in [4.78, 5) is 14.6. The van der Waals surface area contributed by atoms with Crippen LogP contribution in [0.3, 0.4) is 0 Å². The van der Waals surface area contributed by atoms with Crippen LogP contribution in [0.4, 0.5) is 0 Å². The molecule has 3 heteroatoms. The van der Waals surface area contributed by atoms with Crippen LogP contribution in [0.2, 0.25) is 0 Å². The summed E-state index contributed by atoms with van der Waals surface area (Å²) in [5.74, 6) is 2.21. The summed E-state index contributed by atoms with van der Waals surface area (Å²) in [6, 6.07) is 22.1. The summed E-state index contributed by atoms with van der Waals surface area (Å²) in [5.41, 5.74) is 15.9. The molecule has 0 fully saturated rings. The summed E-state index contributed by atoms with van der Waals surface area (Å²) in [5, 5.41) is 0. The third kappa shape index (κ3) is 5.46. The molecule has 0 unspecified atom stereocenters. The molecule has 230 valence electrons. The van der Waals surface area contributed by atoms with Gasteiger partial charge < -0.3 is 0 Å². The first kappa shape index (κ1) is 31.1. The smallest absolute Gasteiger partial charge is 0.163 e. The molecule has 0 amide bonds. The van der Waals surface area contributed by atoms with Gasteiger partial charge in [0.1, 0.15) is 5.82 Å². The van der Waals surface area contributed by atoms with E-state index in [2.05, 4.69) is 106 Å². The number of hydrogen-bond donors (Lipinski definition) is 0. The minimum atomic E-state index is -0.0570. The number of hydrogen-bond acceptors (Lipinski definition) is 3. The Bertz CT molecular complexity index is 1990. The lowest BCUT2D eigenvalue weighted by Crippen LogP contribution is -2.16. The van der Waals surface area contributed by atoms with Crippen molar-refractivity contribution in [1.29, 1.82) is 0 Å². The fourth-order valence-electron chi connectivity index (χ4n) is 7.09. The number of nitrogens with zero attached hydrogens (tertiary/aromatic N) is 3. The number of benzene rings is 3. The van der Waals surface area contributed by atoms with Gasteiger partial charge in [0.15, 0.2) is 11.6 Å². The fourth-order valence-corrected chi connectivity index (χ4v) is 7.09. The van der Waals surface area contributed by atoms with E-state index in [0.29, 0.717) is 0 Å². The average molecular weight is 602 g/mol. The summed E-state index contributed by atoms with van der Waals surface area (Å²) in [6.07, 6.45) is 18.7. The third-order valence-electron chi connectivity index (χ3n) is 9.38. The summed E-state index contributed by atoms with van der Waals surface area (Å²) in [6.45, 7) is 15.2. The van der Waals surface area contributed by atoms with E-state index in [9.17, 15) is 0 Å².